The number of anilines is 2. The van der Waals surface area contributed by atoms with Crippen molar-refractivity contribution in [3.05, 3.63) is 47.5 Å². The van der Waals surface area contributed by atoms with E-state index in [1.165, 1.54) is 0 Å². The summed E-state index contributed by atoms with van der Waals surface area (Å²) in [7, 11) is 7.90. The van der Waals surface area contributed by atoms with E-state index in [1.807, 2.05) is 88.2 Å². The second kappa shape index (κ2) is 12.2. The van der Waals surface area contributed by atoms with Gasteiger partial charge in [0.25, 0.3) is 0 Å². The van der Waals surface area contributed by atoms with Gasteiger partial charge < -0.3 is 19.3 Å². The summed E-state index contributed by atoms with van der Waals surface area (Å²) >= 11 is 0. The molecule has 3 N–H and O–H groups in total. The van der Waals surface area contributed by atoms with Crippen molar-refractivity contribution in [3.63, 3.8) is 0 Å². The molecule has 0 aliphatic rings. The highest BCUT2D eigenvalue weighted by atomic mass is 16.5. The molecule has 0 saturated carbocycles. The standard InChI is InChI=1S/C23H33N7O2/c1-7-31-21-13-19(29(3)4)11-9-17(21)15-25-27-23(24)28-26-16-18-10-12-20(30(5)6)14-22(18)32-8-2/h9-16H,7-8H2,1-6H3,(H3,24,27,28). The van der Waals surface area contributed by atoms with E-state index < -0.39 is 0 Å². The zero-order valence-corrected chi connectivity index (χ0v) is 19.6. The van der Waals surface area contributed by atoms with Gasteiger partial charge >= 0.3 is 0 Å². The van der Waals surface area contributed by atoms with Crippen LogP contribution < -0.4 is 30.1 Å². The molecule has 0 bridgehead atoms. The molecule has 0 amide bonds. The summed E-state index contributed by atoms with van der Waals surface area (Å²) in [4.78, 5) is 4.01. The SMILES string of the molecule is CCOc1cc(N(C)C)ccc1C=NNC(=N)NN=Cc1ccc(N(C)C)cc1OCC. The van der Waals surface area contributed by atoms with Crippen LogP contribution in [0.3, 0.4) is 0 Å². The maximum Gasteiger partial charge on any atom is 0.230 e. The number of guanidine groups is 1. The fourth-order valence-electron chi connectivity index (χ4n) is 2.73. The van der Waals surface area contributed by atoms with Gasteiger partial charge in [-0.25, -0.2) is 10.9 Å². The van der Waals surface area contributed by atoms with Crippen molar-refractivity contribution in [1.29, 1.82) is 5.41 Å². The van der Waals surface area contributed by atoms with Crippen LogP contribution in [0, 0.1) is 5.41 Å². The monoisotopic (exact) mass is 439 g/mol. The van der Waals surface area contributed by atoms with Crippen molar-refractivity contribution in [2.24, 2.45) is 10.2 Å². The molecule has 0 aromatic heterocycles. The van der Waals surface area contributed by atoms with Gasteiger partial charge in [0.15, 0.2) is 0 Å². The predicted octanol–water partition coefficient (Wildman–Crippen LogP) is 3.10. The number of rotatable bonds is 10. The molecular formula is C23H33N7O2. The van der Waals surface area contributed by atoms with Crippen molar-refractivity contribution in [2.45, 2.75) is 13.8 Å². The van der Waals surface area contributed by atoms with E-state index in [4.69, 9.17) is 14.9 Å². The molecule has 0 saturated heterocycles. The van der Waals surface area contributed by atoms with Crippen molar-refractivity contribution in [2.75, 3.05) is 51.2 Å². The second-order valence-electron chi connectivity index (χ2n) is 7.21. The molecular weight excluding hydrogens is 406 g/mol. The zero-order chi connectivity index (χ0) is 23.5. The fourth-order valence-corrected chi connectivity index (χ4v) is 2.73. The van der Waals surface area contributed by atoms with Crippen LogP contribution in [-0.2, 0) is 0 Å². The third-order valence-corrected chi connectivity index (χ3v) is 4.39. The Bertz CT molecular complexity index is 880. The number of benzene rings is 2. The Hall–Kier alpha value is -3.75. The molecule has 2 aromatic carbocycles. The first-order valence-electron chi connectivity index (χ1n) is 10.4. The van der Waals surface area contributed by atoms with Crippen LogP contribution in [-0.4, -0.2) is 59.8 Å². The van der Waals surface area contributed by atoms with Gasteiger partial charge in [0.1, 0.15) is 11.5 Å². The first kappa shape index (κ1) is 24.5. The van der Waals surface area contributed by atoms with E-state index in [2.05, 4.69) is 21.1 Å². The van der Waals surface area contributed by atoms with Gasteiger partial charge in [-0.15, -0.1) is 0 Å². The lowest BCUT2D eigenvalue weighted by Crippen LogP contribution is -2.29. The van der Waals surface area contributed by atoms with Crippen LogP contribution in [0.25, 0.3) is 0 Å². The molecule has 0 fully saturated rings. The first-order chi connectivity index (χ1) is 15.3. The third-order valence-electron chi connectivity index (χ3n) is 4.39. The molecule has 9 heteroatoms. The number of ether oxygens (including phenoxy) is 2. The molecule has 0 heterocycles. The molecule has 9 nitrogen and oxygen atoms in total. The van der Waals surface area contributed by atoms with Crippen molar-refractivity contribution in [3.8, 4) is 11.5 Å². The molecule has 0 atom stereocenters. The Morgan fingerprint density at radius 3 is 1.56 bits per heavy atom. The van der Waals surface area contributed by atoms with Crippen LogP contribution in [0.1, 0.15) is 25.0 Å². The molecule has 0 unspecified atom stereocenters. The number of hydrogen-bond donors (Lipinski definition) is 3. The van der Waals surface area contributed by atoms with Gasteiger partial charge in [-0.1, -0.05) is 0 Å². The largest absolute Gasteiger partial charge is 0.493 e. The number of hydrogen-bond acceptors (Lipinski definition) is 7. The van der Waals surface area contributed by atoms with Gasteiger partial charge in [-0.05, 0) is 38.1 Å². The fraction of sp³-hybridized carbons (Fsp3) is 0.348. The summed E-state index contributed by atoms with van der Waals surface area (Å²) in [6.07, 6.45) is 3.22. The van der Waals surface area contributed by atoms with E-state index in [0.29, 0.717) is 13.2 Å². The summed E-state index contributed by atoms with van der Waals surface area (Å²) in [5.74, 6) is 1.39. The Balaban J connectivity index is 1.99. The highest BCUT2D eigenvalue weighted by Crippen LogP contribution is 2.24. The number of hydrazone groups is 2. The topological polar surface area (TPSA) is 97.6 Å². The average Bonchev–Trinajstić information content (AvgIpc) is 2.75. The average molecular weight is 440 g/mol. The molecule has 0 radical (unpaired) electrons. The molecule has 172 valence electrons. The van der Waals surface area contributed by atoms with Gasteiger partial charge in [0, 0.05) is 62.8 Å². The Labute approximate surface area is 190 Å². The van der Waals surface area contributed by atoms with Crippen molar-refractivity contribution < 1.29 is 9.47 Å². The third kappa shape index (κ3) is 7.19. The van der Waals surface area contributed by atoms with Gasteiger partial charge in [-0.3, -0.25) is 5.41 Å². The highest BCUT2D eigenvalue weighted by molar-refractivity contribution is 5.88. The lowest BCUT2D eigenvalue weighted by atomic mass is 10.2. The molecule has 0 aliphatic heterocycles. The highest BCUT2D eigenvalue weighted by Gasteiger charge is 2.06. The summed E-state index contributed by atoms with van der Waals surface area (Å²) in [6.45, 7) is 4.97. The quantitative estimate of drug-likeness (QED) is 0.299. The number of nitrogens with zero attached hydrogens (tertiary/aromatic N) is 4. The lowest BCUT2D eigenvalue weighted by molar-refractivity contribution is 0.339. The summed E-state index contributed by atoms with van der Waals surface area (Å²) in [5.41, 5.74) is 8.91. The van der Waals surface area contributed by atoms with Crippen LogP contribution >= 0.6 is 0 Å². The summed E-state index contributed by atoms with van der Waals surface area (Å²) in [6, 6.07) is 11.7. The van der Waals surface area contributed by atoms with Crippen LogP contribution in [0.2, 0.25) is 0 Å². The van der Waals surface area contributed by atoms with E-state index in [0.717, 1.165) is 34.0 Å². The van der Waals surface area contributed by atoms with Crippen molar-refractivity contribution in [1.82, 2.24) is 10.9 Å². The zero-order valence-electron chi connectivity index (χ0n) is 19.6. The smallest absolute Gasteiger partial charge is 0.230 e. The lowest BCUT2D eigenvalue weighted by Gasteiger charge is -2.15. The van der Waals surface area contributed by atoms with E-state index >= 15 is 0 Å². The minimum Gasteiger partial charge on any atom is -0.493 e. The van der Waals surface area contributed by atoms with Crippen LogP contribution in [0.5, 0.6) is 11.5 Å². The maximum atomic E-state index is 7.94. The minimum absolute atomic E-state index is 0.0664. The first-order valence-corrected chi connectivity index (χ1v) is 10.4. The molecule has 0 spiro atoms. The van der Waals surface area contributed by atoms with Crippen LogP contribution in [0.15, 0.2) is 46.6 Å². The van der Waals surface area contributed by atoms with Gasteiger partial charge in [0.2, 0.25) is 5.96 Å². The Kier molecular flexibility index (Phi) is 9.34. The normalized spacial score (nSPS) is 10.9. The Morgan fingerprint density at radius 2 is 1.22 bits per heavy atom. The molecule has 2 rings (SSSR count). The Morgan fingerprint density at radius 1 is 0.812 bits per heavy atom. The second-order valence-corrected chi connectivity index (χ2v) is 7.21. The molecule has 0 aliphatic carbocycles. The maximum absolute atomic E-state index is 7.94. The summed E-state index contributed by atoms with van der Waals surface area (Å²) in [5, 5.41) is 16.2. The van der Waals surface area contributed by atoms with Crippen LogP contribution in [0.4, 0.5) is 11.4 Å². The predicted molar refractivity (Wildman–Crippen MR) is 133 cm³/mol. The van der Waals surface area contributed by atoms with Gasteiger partial charge in [0.05, 0.1) is 25.6 Å². The van der Waals surface area contributed by atoms with Gasteiger partial charge in [-0.2, -0.15) is 10.2 Å². The number of nitrogens with one attached hydrogen (secondary N) is 3. The van der Waals surface area contributed by atoms with E-state index in [-0.39, 0.29) is 5.96 Å². The molecule has 2 aromatic rings. The van der Waals surface area contributed by atoms with Crippen molar-refractivity contribution >= 4 is 29.8 Å². The minimum atomic E-state index is -0.0664. The summed E-state index contributed by atoms with van der Waals surface area (Å²) < 4.78 is 11.4. The van der Waals surface area contributed by atoms with E-state index in [9.17, 15) is 0 Å². The molecule has 32 heavy (non-hydrogen) atoms. The van der Waals surface area contributed by atoms with E-state index in [1.54, 1.807) is 12.4 Å².